The van der Waals surface area contributed by atoms with Gasteiger partial charge in [0.25, 0.3) is 0 Å². The first kappa shape index (κ1) is 17.3. The first-order valence-electron chi connectivity index (χ1n) is 9.30. The molecule has 4 rings (SSSR count). The SMILES string of the molecule is Cc1cccc(Sc2nccnc2N2CCCC(C(=O)NC3CC3)C2)c1. The van der Waals surface area contributed by atoms with Crippen molar-refractivity contribution < 1.29 is 4.79 Å². The Kier molecular flexibility index (Phi) is 5.11. The van der Waals surface area contributed by atoms with E-state index in [1.165, 1.54) is 5.56 Å². The topological polar surface area (TPSA) is 58.1 Å². The Hall–Kier alpha value is -2.08. The second-order valence-corrected chi connectivity index (χ2v) is 8.23. The van der Waals surface area contributed by atoms with Crippen molar-refractivity contribution in [2.24, 2.45) is 5.92 Å². The largest absolute Gasteiger partial charge is 0.354 e. The average Bonchev–Trinajstić information content (AvgIpc) is 3.46. The van der Waals surface area contributed by atoms with Crippen LogP contribution < -0.4 is 10.2 Å². The molecule has 1 aliphatic heterocycles. The third-order valence-corrected chi connectivity index (χ3v) is 5.84. The third-order valence-electron chi connectivity index (χ3n) is 4.87. The van der Waals surface area contributed by atoms with E-state index in [1.54, 1.807) is 24.2 Å². The van der Waals surface area contributed by atoms with E-state index >= 15 is 0 Å². The van der Waals surface area contributed by atoms with Gasteiger partial charge in [-0.1, -0.05) is 29.5 Å². The summed E-state index contributed by atoms with van der Waals surface area (Å²) in [7, 11) is 0. The number of nitrogens with one attached hydrogen (secondary N) is 1. The van der Waals surface area contributed by atoms with Gasteiger partial charge in [0.1, 0.15) is 5.03 Å². The second kappa shape index (κ2) is 7.66. The van der Waals surface area contributed by atoms with Gasteiger partial charge in [0.05, 0.1) is 5.92 Å². The van der Waals surface area contributed by atoms with Gasteiger partial charge in [-0.3, -0.25) is 4.79 Å². The maximum atomic E-state index is 12.5. The number of amides is 1. The van der Waals surface area contributed by atoms with E-state index in [2.05, 4.69) is 51.4 Å². The highest BCUT2D eigenvalue weighted by Crippen LogP contribution is 2.34. The molecular weight excluding hydrogens is 344 g/mol. The van der Waals surface area contributed by atoms with Crippen LogP contribution in [0.2, 0.25) is 0 Å². The number of carbonyl (C=O) groups excluding carboxylic acids is 1. The highest BCUT2D eigenvalue weighted by Gasteiger charge is 2.31. The summed E-state index contributed by atoms with van der Waals surface area (Å²) in [5.41, 5.74) is 1.23. The number of anilines is 1. The number of piperidine rings is 1. The predicted octanol–water partition coefficient (Wildman–Crippen LogP) is 3.43. The van der Waals surface area contributed by atoms with Crippen molar-refractivity contribution >= 4 is 23.5 Å². The van der Waals surface area contributed by atoms with Gasteiger partial charge in [0, 0.05) is 36.4 Å². The minimum atomic E-state index is 0.0446. The molecule has 1 saturated heterocycles. The van der Waals surface area contributed by atoms with E-state index in [1.807, 2.05) is 0 Å². The van der Waals surface area contributed by atoms with Crippen LogP contribution in [0, 0.1) is 12.8 Å². The number of benzene rings is 1. The lowest BCUT2D eigenvalue weighted by atomic mass is 9.97. The maximum Gasteiger partial charge on any atom is 0.225 e. The molecule has 2 aliphatic rings. The summed E-state index contributed by atoms with van der Waals surface area (Å²) in [4.78, 5) is 25.0. The lowest BCUT2D eigenvalue weighted by molar-refractivity contribution is -0.125. The summed E-state index contributed by atoms with van der Waals surface area (Å²) in [6.07, 6.45) is 7.70. The van der Waals surface area contributed by atoms with Crippen LogP contribution >= 0.6 is 11.8 Å². The smallest absolute Gasteiger partial charge is 0.225 e. The second-order valence-electron chi connectivity index (χ2n) is 7.17. The van der Waals surface area contributed by atoms with E-state index in [4.69, 9.17) is 0 Å². The molecule has 1 aliphatic carbocycles. The lowest BCUT2D eigenvalue weighted by Gasteiger charge is -2.33. The van der Waals surface area contributed by atoms with Crippen molar-refractivity contribution in [2.75, 3.05) is 18.0 Å². The Balaban J connectivity index is 1.50. The molecule has 1 aromatic carbocycles. The van der Waals surface area contributed by atoms with Crippen molar-refractivity contribution in [3.05, 3.63) is 42.2 Å². The van der Waals surface area contributed by atoms with Gasteiger partial charge in [0.15, 0.2) is 5.82 Å². The molecule has 1 unspecified atom stereocenters. The fourth-order valence-electron chi connectivity index (χ4n) is 3.33. The minimum absolute atomic E-state index is 0.0446. The molecule has 1 amide bonds. The van der Waals surface area contributed by atoms with Crippen LogP contribution in [0.5, 0.6) is 0 Å². The molecular formula is C20H24N4OS. The van der Waals surface area contributed by atoms with Gasteiger partial charge >= 0.3 is 0 Å². The molecule has 136 valence electrons. The number of nitrogens with zero attached hydrogens (tertiary/aromatic N) is 3. The molecule has 1 saturated carbocycles. The van der Waals surface area contributed by atoms with Gasteiger partial charge in [-0.05, 0) is 44.7 Å². The third kappa shape index (κ3) is 4.18. The zero-order valence-corrected chi connectivity index (χ0v) is 15.8. The Morgan fingerprint density at radius 3 is 2.88 bits per heavy atom. The quantitative estimate of drug-likeness (QED) is 0.876. The van der Waals surface area contributed by atoms with Crippen LogP contribution in [0.15, 0.2) is 46.6 Å². The summed E-state index contributed by atoms with van der Waals surface area (Å²) >= 11 is 1.64. The average molecular weight is 369 g/mol. The fraction of sp³-hybridized carbons (Fsp3) is 0.450. The standard InChI is InChI=1S/C20H24N4OS/c1-14-4-2-6-17(12-14)26-20-18(21-9-10-22-20)24-11-3-5-15(13-24)19(25)23-16-7-8-16/h2,4,6,9-10,12,15-16H,3,5,7-8,11,13H2,1H3,(H,23,25). The van der Waals surface area contributed by atoms with E-state index in [0.717, 1.165) is 54.5 Å². The summed E-state index contributed by atoms with van der Waals surface area (Å²) < 4.78 is 0. The summed E-state index contributed by atoms with van der Waals surface area (Å²) in [5.74, 6) is 1.14. The highest BCUT2D eigenvalue weighted by atomic mass is 32.2. The maximum absolute atomic E-state index is 12.5. The monoisotopic (exact) mass is 368 g/mol. The van der Waals surface area contributed by atoms with Crippen molar-refractivity contribution in [1.82, 2.24) is 15.3 Å². The summed E-state index contributed by atoms with van der Waals surface area (Å²) in [6, 6.07) is 8.83. The van der Waals surface area contributed by atoms with Crippen LogP contribution in [0.1, 0.15) is 31.2 Å². The minimum Gasteiger partial charge on any atom is -0.354 e. The molecule has 6 heteroatoms. The lowest BCUT2D eigenvalue weighted by Crippen LogP contribution is -2.44. The van der Waals surface area contributed by atoms with Crippen LogP contribution in [-0.4, -0.2) is 35.0 Å². The van der Waals surface area contributed by atoms with E-state index in [0.29, 0.717) is 6.04 Å². The Labute approximate surface area is 158 Å². The van der Waals surface area contributed by atoms with E-state index in [9.17, 15) is 4.79 Å². The van der Waals surface area contributed by atoms with Gasteiger partial charge in [-0.15, -0.1) is 0 Å². The highest BCUT2D eigenvalue weighted by molar-refractivity contribution is 7.99. The molecule has 0 bridgehead atoms. The molecule has 1 N–H and O–H groups in total. The first-order chi connectivity index (χ1) is 12.7. The predicted molar refractivity (Wildman–Crippen MR) is 103 cm³/mol. The summed E-state index contributed by atoms with van der Waals surface area (Å²) in [6.45, 7) is 3.74. The van der Waals surface area contributed by atoms with E-state index < -0.39 is 0 Å². The molecule has 2 aromatic rings. The van der Waals surface area contributed by atoms with Gasteiger partial charge in [-0.25, -0.2) is 9.97 Å². The molecule has 2 fully saturated rings. The zero-order chi connectivity index (χ0) is 17.9. The van der Waals surface area contributed by atoms with Crippen molar-refractivity contribution in [1.29, 1.82) is 0 Å². The summed E-state index contributed by atoms with van der Waals surface area (Å²) in [5, 5.41) is 4.05. The molecule has 26 heavy (non-hydrogen) atoms. The number of aryl methyl sites for hydroxylation is 1. The molecule has 2 heterocycles. The Morgan fingerprint density at radius 2 is 2.08 bits per heavy atom. The number of aromatic nitrogens is 2. The number of rotatable bonds is 5. The zero-order valence-electron chi connectivity index (χ0n) is 15.0. The molecule has 0 spiro atoms. The molecule has 5 nitrogen and oxygen atoms in total. The van der Waals surface area contributed by atoms with Crippen molar-refractivity contribution in [3.8, 4) is 0 Å². The van der Waals surface area contributed by atoms with Gasteiger partial charge in [0.2, 0.25) is 5.91 Å². The number of hydrogen-bond donors (Lipinski definition) is 1. The van der Waals surface area contributed by atoms with Gasteiger partial charge in [-0.2, -0.15) is 0 Å². The van der Waals surface area contributed by atoms with Crippen LogP contribution in [0.4, 0.5) is 5.82 Å². The van der Waals surface area contributed by atoms with E-state index in [-0.39, 0.29) is 11.8 Å². The number of hydrogen-bond acceptors (Lipinski definition) is 5. The van der Waals surface area contributed by atoms with Crippen LogP contribution in [0.3, 0.4) is 0 Å². The molecule has 1 aromatic heterocycles. The first-order valence-corrected chi connectivity index (χ1v) is 10.1. The Morgan fingerprint density at radius 1 is 1.23 bits per heavy atom. The molecule has 1 atom stereocenters. The van der Waals surface area contributed by atoms with Crippen molar-refractivity contribution in [2.45, 2.75) is 48.6 Å². The molecule has 0 radical (unpaired) electrons. The number of carbonyl (C=O) groups is 1. The normalized spacial score (nSPS) is 20.0. The fourth-order valence-corrected chi connectivity index (χ4v) is 4.33. The Bertz CT molecular complexity index is 793. The van der Waals surface area contributed by atoms with Crippen molar-refractivity contribution in [3.63, 3.8) is 0 Å². The van der Waals surface area contributed by atoms with Gasteiger partial charge < -0.3 is 10.2 Å². The van der Waals surface area contributed by atoms with Crippen LogP contribution in [-0.2, 0) is 4.79 Å². The van der Waals surface area contributed by atoms with Crippen LogP contribution in [0.25, 0.3) is 0 Å².